The van der Waals surface area contributed by atoms with Crippen LogP contribution in [0.4, 0.5) is 8.78 Å². The molecule has 0 aliphatic carbocycles. The molecular weight excluding hydrogens is 242 g/mol. The summed E-state index contributed by atoms with van der Waals surface area (Å²) in [6.07, 6.45) is -0.223. The molecule has 1 rings (SSSR count). The second-order valence-electron chi connectivity index (χ2n) is 3.83. The van der Waals surface area contributed by atoms with Crippen molar-refractivity contribution in [3.05, 3.63) is 35.4 Å². The third-order valence-corrected chi connectivity index (χ3v) is 2.30. The number of Topliss-reactive ketones (excluding diaryl/α,β-unsaturated/α-hetero) is 1. The van der Waals surface area contributed by atoms with Gasteiger partial charge in [0.15, 0.2) is 17.4 Å². The van der Waals surface area contributed by atoms with Gasteiger partial charge in [0.25, 0.3) is 0 Å². The minimum Gasteiger partial charge on any atom is -0.379 e. The maximum Gasteiger partial charge on any atom is 0.188 e. The molecule has 0 aromatic heterocycles. The standard InChI is InChI=1S/C13H16F2O3/c1-3-17-7-9(2)18-8-13(16)10-4-5-11(14)12(15)6-10/h4-6,9H,3,7-8H2,1-2H3. The molecule has 0 aliphatic heterocycles. The van der Waals surface area contributed by atoms with Gasteiger partial charge in [0.1, 0.15) is 6.61 Å². The molecular formula is C13H16F2O3. The highest BCUT2D eigenvalue weighted by molar-refractivity contribution is 5.97. The van der Waals surface area contributed by atoms with Crippen molar-refractivity contribution >= 4 is 5.78 Å². The number of ether oxygens (including phenoxy) is 2. The van der Waals surface area contributed by atoms with Gasteiger partial charge in [0.05, 0.1) is 12.7 Å². The maximum atomic E-state index is 12.9. The fourth-order valence-electron chi connectivity index (χ4n) is 1.30. The van der Waals surface area contributed by atoms with Crippen LogP contribution in [0, 0.1) is 11.6 Å². The number of carbonyl (C=O) groups is 1. The number of hydrogen-bond donors (Lipinski definition) is 0. The quantitative estimate of drug-likeness (QED) is 0.705. The summed E-state index contributed by atoms with van der Waals surface area (Å²) in [6, 6.07) is 3.03. The lowest BCUT2D eigenvalue weighted by Gasteiger charge is -2.12. The Balaban J connectivity index is 2.47. The Hall–Kier alpha value is -1.33. The van der Waals surface area contributed by atoms with Gasteiger partial charge in [-0.15, -0.1) is 0 Å². The number of halogens is 2. The van der Waals surface area contributed by atoms with Crippen LogP contribution in [0.3, 0.4) is 0 Å². The van der Waals surface area contributed by atoms with Gasteiger partial charge in [-0.25, -0.2) is 8.78 Å². The minimum absolute atomic E-state index is 0.0949. The molecule has 3 nitrogen and oxygen atoms in total. The highest BCUT2D eigenvalue weighted by atomic mass is 19.2. The first-order valence-electron chi connectivity index (χ1n) is 5.72. The molecule has 1 atom stereocenters. The summed E-state index contributed by atoms with van der Waals surface area (Å²) in [4.78, 5) is 11.6. The van der Waals surface area contributed by atoms with E-state index in [0.29, 0.717) is 13.2 Å². The zero-order chi connectivity index (χ0) is 13.5. The van der Waals surface area contributed by atoms with Crippen molar-refractivity contribution in [2.45, 2.75) is 20.0 Å². The van der Waals surface area contributed by atoms with Crippen LogP contribution >= 0.6 is 0 Å². The molecule has 0 bridgehead atoms. The van der Waals surface area contributed by atoms with Crippen LogP contribution in [0.15, 0.2) is 18.2 Å². The van der Waals surface area contributed by atoms with Crippen molar-refractivity contribution in [3.63, 3.8) is 0 Å². The SMILES string of the molecule is CCOCC(C)OCC(=O)c1ccc(F)c(F)c1. The molecule has 5 heteroatoms. The van der Waals surface area contributed by atoms with Crippen LogP contribution in [0.1, 0.15) is 24.2 Å². The summed E-state index contributed by atoms with van der Waals surface area (Å²) < 4.78 is 36.0. The lowest BCUT2D eigenvalue weighted by molar-refractivity contribution is 0.00114. The van der Waals surface area contributed by atoms with Crippen molar-refractivity contribution in [2.75, 3.05) is 19.8 Å². The predicted octanol–water partition coefficient (Wildman–Crippen LogP) is 2.59. The van der Waals surface area contributed by atoms with Crippen molar-refractivity contribution in [1.29, 1.82) is 0 Å². The Kier molecular flexibility index (Phi) is 5.88. The van der Waals surface area contributed by atoms with E-state index in [1.165, 1.54) is 6.07 Å². The van der Waals surface area contributed by atoms with E-state index in [2.05, 4.69) is 0 Å². The largest absolute Gasteiger partial charge is 0.379 e. The van der Waals surface area contributed by atoms with Crippen molar-refractivity contribution < 1.29 is 23.0 Å². The predicted molar refractivity (Wildman–Crippen MR) is 62.6 cm³/mol. The molecule has 0 fully saturated rings. The molecule has 0 saturated heterocycles. The molecule has 0 N–H and O–H groups in total. The molecule has 100 valence electrons. The molecule has 1 aromatic carbocycles. The Bertz CT molecular complexity index is 407. The lowest BCUT2D eigenvalue weighted by Crippen LogP contribution is -2.20. The average Bonchev–Trinajstić information content (AvgIpc) is 2.36. The Morgan fingerprint density at radius 1 is 1.33 bits per heavy atom. The van der Waals surface area contributed by atoms with Crippen LogP contribution < -0.4 is 0 Å². The number of rotatable bonds is 7. The highest BCUT2D eigenvalue weighted by Gasteiger charge is 2.11. The summed E-state index contributed by atoms with van der Waals surface area (Å²) in [6.45, 7) is 4.42. The highest BCUT2D eigenvalue weighted by Crippen LogP contribution is 2.09. The minimum atomic E-state index is -1.04. The van der Waals surface area contributed by atoms with E-state index in [0.717, 1.165) is 12.1 Å². The topological polar surface area (TPSA) is 35.5 Å². The van der Waals surface area contributed by atoms with Crippen molar-refractivity contribution in [1.82, 2.24) is 0 Å². The third kappa shape index (κ3) is 4.50. The first-order chi connectivity index (χ1) is 8.54. The molecule has 0 spiro atoms. The molecule has 0 saturated carbocycles. The van der Waals surface area contributed by atoms with Crippen molar-refractivity contribution in [3.8, 4) is 0 Å². The van der Waals surface area contributed by atoms with Crippen LogP contribution in [-0.4, -0.2) is 31.7 Å². The monoisotopic (exact) mass is 258 g/mol. The summed E-state index contributed by atoms with van der Waals surface area (Å²) in [5.74, 6) is -2.40. The summed E-state index contributed by atoms with van der Waals surface area (Å²) >= 11 is 0. The molecule has 0 radical (unpaired) electrons. The van der Waals surface area contributed by atoms with E-state index >= 15 is 0 Å². The molecule has 1 unspecified atom stereocenters. The van der Waals surface area contributed by atoms with E-state index in [-0.39, 0.29) is 18.3 Å². The molecule has 0 amide bonds. The van der Waals surface area contributed by atoms with E-state index in [4.69, 9.17) is 9.47 Å². The molecule has 0 heterocycles. The molecule has 1 aromatic rings. The van der Waals surface area contributed by atoms with Gasteiger partial charge in [0, 0.05) is 12.2 Å². The van der Waals surface area contributed by atoms with Gasteiger partial charge >= 0.3 is 0 Å². The Labute approximate surface area is 105 Å². The Morgan fingerprint density at radius 3 is 2.67 bits per heavy atom. The van der Waals surface area contributed by atoms with E-state index < -0.39 is 17.4 Å². The second-order valence-corrected chi connectivity index (χ2v) is 3.83. The van der Waals surface area contributed by atoms with E-state index in [9.17, 15) is 13.6 Å². The van der Waals surface area contributed by atoms with Gasteiger partial charge < -0.3 is 9.47 Å². The summed E-state index contributed by atoms with van der Waals surface area (Å²) in [5, 5.41) is 0. The van der Waals surface area contributed by atoms with Crippen molar-refractivity contribution in [2.24, 2.45) is 0 Å². The Morgan fingerprint density at radius 2 is 2.06 bits per heavy atom. The lowest BCUT2D eigenvalue weighted by atomic mass is 10.1. The molecule has 0 aliphatic rings. The molecule has 18 heavy (non-hydrogen) atoms. The van der Waals surface area contributed by atoms with Gasteiger partial charge in [-0.1, -0.05) is 0 Å². The number of carbonyl (C=O) groups excluding carboxylic acids is 1. The van der Waals surface area contributed by atoms with Gasteiger partial charge in [-0.05, 0) is 32.0 Å². The second kappa shape index (κ2) is 7.18. The maximum absolute atomic E-state index is 12.9. The third-order valence-electron chi connectivity index (χ3n) is 2.30. The smallest absolute Gasteiger partial charge is 0.188 e. The van der Waals surface area contributed by atoms with Crippen LogP contribution in [0.2, 0.25) is 0 Å². The summed E-state index contributed by atoms with van der Waals surface area (Å²) in [5.41, 5.74) is 0.0949. The van der Waals surface area contributed by atoms with E-state index in [1.54, 1.807) is 6.92 Å². The summed E-state index contributed by atoms with van der Waals surface area (Å²) in [7, 11) is 0. The van der Waals surface area contributed by atoms with Crippen LogP contribution in [-0.2, 0) is 9.47 Å². The van der Waals surface area contributed by atoms with Gasteiger partial charge in [-0.2, -0.15) is 0 Å². The first-order valence-corrected chi connectivity index (χ1v) is 5.72. The van der Waals surface area contributed by atoms with E-state index in [1.807, 2.05) is 6.92 Å². The van der Waals surface area contributed by atoms with Crippen LogP contribution in [0.5, 0.6) is 0 Å². The van der Waals surface area contributed by atoms with Gasteiger partial charge in [-0.3, -0.25) is 4.79 Å². The zero-order valence-electron chi connectivity index (χ0n) is 10.4. The van der Waals surface area contributed by atoms with Gasteiger partial charge in [0.2, 0.25) is 0 Å². The average molecular weight is 258 g/mol. The zero-order valence-corrected chi connectivity index (χ0v) is 10.4. The fourth-order valence-corrected chi connectivity index (χ4v) is 1.30. The first kappa shape index (κ1) is 14.7. The number of hydrogen-bond acceptors (Lipinski definition) is 3. The number of ketones is 1. The number of benzene rings is 1. The normalized spacial score (nSPS) is 12.4. The van der Waals surface area contributed by atoms with Crippen LogP contribution in [0.25, 0.3) is 0 Å². The fraction of sp³-hybridized carbons (Fsp3) is 0.462.